The monoisotopic (exact) mass is 416 g/mol. The fourth-order valence-corrected chi connectivity index (χ4v) is 2.98. The molecule has 0 heterocycles. The Morgan fingerprint density at radius 1 is 1.15 bits per heavy atom. The van der Waals surface area contributed by atoms with Crippen LogP contribution in [0.15, 0.2) is 42.5 Å². The first-order valence-corrected chi connectivity index (χ1v) is 10.1. The topological polar surface area (TPSA) is 75.7 Å². The Bertz CT molecular complexity index is 886. The van der Waals surface area contributed by atoms with Gasteiger partial charge in [-0.1, -0.05) is 29.3 Å². The molecule has 0 aliphatic rings. The lowest BCUT2D eigenvalue weighted by Gasteiger charge is -2.16. The van der Waals surface area contributed by atoms with Crippen LogP contribution in [0.25, 0.3) is 0 Å². The van der Waals surface area contributed by atoms with Crippen molar-refractivity contribution in [2.45, 2.75) is 6.54 Å². The maximum atomic E-state index is 11.9. The Morgan fingerprint density at radius 3 is 2.38 bits per heavy atom. The summed E-state index contributed by atoms with van der Waals surface area (Å²) in [6.07, 6.45) is 1.12. The molecule has 9 heteroatoms. The van der Waals surface area contributed by atoms with Crippen LogP contribution in [0, 0.1) is 0 Å². The standard InChI is InChI=1S/C17H18Cl2N2O4S/c1-21(26(2,23)24)14-5-7-15(8-6-14)25-11-17(22)20-10-12-3-4-13(18)9-16(12)19/h3-9H,10-11H2,1-2H3,(H,20,22). The molecule has 2 aromatic carbocycles. The lowest BCUT2D eigenvalue weighted by Crippen LogP contribution is -2.28. The van der Waals surface area contributed by atoms with Gasteiger partial charge in [0.15, 0.2) is 6.61 Å². The lowest BCUT2D eigenvalue weighted by atomic mass is 10.2. The van der Waals surface area contributed by atoms with Crippen LogP contribution in [-0.4, -0.2) is 34.2 Å². The molecule has 0 fully saturated rings. The van der Waals surface area contributed by atoms with E-state index in [1.54, 1.807) is 42.5 Å². The molecule has 0 saturated carbocycles. The number of halogens is 2. The van der Waals surface area contributed by atoms with Crippen LogP contribution in [0.4, 0.5) is 5.69 Å². The first-order valence-electron chi connectivity index (χ1n) is 7.54. The van der Waals surface area contributed by atoms with Gasteiger partial charge in [-0.2, -0.15) is 0 Å². The predicted octanol–water partition coefficient (Wildman–Crippen LogP) is 3.08. The first-order chi connectivity index (χ1) is 12.2. The number of rotatable bonds is 7. The maximum absolute atomic E-state index is 11.9. The van der Waals surface area contributed by atoms with Crippen molar-refractivity contribution in [2.75, 3.05) is 24.2 Å². The fraction of sp³-hybridized carbons (Fsp3) is 0.235. The molecule has 0 aliphatic heterocycles. The van der Waals surface area contributed by atoms with Crippen LogP contribution >= 0.6 is 23.2 Å². The summed E-state index contributed by atoms with van der Waals surface area (Å²) in [5.41, 5.74) is 1.25. The van der Waals surface area contributed by atoms with E-state index in [4.69, 9.17) is 27.9 Å². The molecule has 1 amide bonds. The number of nitrogens with one attached hydrogen (secondary N) is 1. The van der Waals surface area contributed by atoms with Gasteiger partial charge in [0.2, 0.25) is 10.0 Å². The van der Waals surface area contributed by atoms with Crippen LogP contribution in [-0.2, 0) is 21.4 Å². The number of hydrogen-bond donors (Lipinski definition) is 1. The van der Waals surface area contributed by atoms with Crippen LogP contribution < -0.4 is 14.4 Å². The van der Waals surface area contributed by atoms with E-state index < -0.39 is 10.0 Å². The largest absolute Gasteiger partial charge is 0.484 e. The van der Waals surface area contributed by atoms with Crippen LogP contribution in [0.2, 0.25) is 10.0 Å². The highest BCUT2D eigenvalue weighted by Gasteiger charge is 2.12. The Labute approximate surface area is 162 Å². The van der Waals surface area contributed by atoms with E-state index in [9.17, 15) is 13.2 Å². The number of carbonyl (C=O) groups excluding carboxylic acids is 1. The summed E-state index contributed by atoms with van der Waals surface area (Å²) in [7, 11) is -1.87. The molecule has 2 aromatic rings. The molecule has 0 aromatic heterocycles. The number of sulfonamides is 1. The van der Waals surface area contributed by atoms with Gasteiger partial charge in [-0.05, 0) is 42.0 Å². The summed E-state index contributed by atoms with van der Waals surface area (Å²) in [5.74, 6) is 0.142. The Morgan fingerprint density at radius 2 is 1.81 bits per heavy atom. The molecule has 0 atom stereocenters. The number of carbonyl (C=O) groups is 1. The molecule has 0 radical (unpaired) electrons. The predicted molar refractivity (Wildman–Crippen MR) is 103 cm³/mol. The second-order valence-corrected chi connectivity index (χ2v) is 8.38. The number of benzene rings is 2. The lowest BCUT2D eigenvalue weighted by molar-refractivity contribution is -0.123. The summed E-state index contributed by atoms with van der Waals surface area (Å²) in [6, 6.07) is 11.4. The van der Waals surface area contributed by atoms with Crippen LogP contribution in [0.1, 0.15) is 5.56 Å². The minimum atomic E-state index is -3.33. The number of anilines is 1. The van der Waals surface area contributed by atoms with Gasteiger partial charge in [0, 0.05) is 23.6 Å². The van der Waals surface area contributed by atoms with E-state index in [0.29, 0.717) is 21.5 Å². The molecular formula is C17H18Cl2N2O4S. The minimum Gasteiger partial charge on any atom is -0.484 e. The van der Waals surface area contributed by atoms with E-state index in [0.717, 1.165) is 16.1 Å². The number of hydrogen-bond acceptors (Lipinski definition) is 4. The van der Waals surface area contributed by atoms with Gasteiger partial charge in [-0.25, -0.2) is 8.42 Å². The molecule has 0 aliphatic carbocycles. The first kappa shape index (κ1) is 20.4. The summed E-state index contributed by atoms with van der Waals surface area (Å²) in [4.78, 5) is 11.9. The number of amides is 1. The maximum Gasteiger partial charge on any atom is 0.258 e. The SMILES string of the molecule is CN(c1ccc(OCC(=O)NCc2ccc(Cl)cc2Cl)cc1)S(C)(=O)=O. The van der Waals surface area contributed by atoms with Gasteiger partial charge in [0.1, 0.15) is 5.75 Å². The molecule has 26 heavy (non-hydrogen) atoms. The zero-order valence-corrected chi connectivity index (χ0v) is 16.5. The Kier molecular flexibility index (Phi) is 6.75. The molecule has 6 nitrogen and oxygen atoms in total. The summed E-state index contributed by atoms with van der Waals surface area (Å²) >= 11 is 11.9. The third kappa shape index (κ3) is 5.79. The van der Waals surface area contributed by atoms with E-state index in [-0.39, 0.29) is 19.1 Å². The highest BCUT2D eigenvalue weighted by atomic mass is 35.5. The smallest absolute Gasteiger partial charge is 0.258 e. The van der Waals surface area contributed by atoms with Gasteiger partial charge in [-0.3, -0.25) is 9.10 Å². The quantitative estimate of drug-likeness (QED) is 0.752. The van der Waals surface area contributed by atoms with E-state index in [1.165, 1.54) is 7.05 Å². The molecule has 140 valence electrons. The second kappa shape index (κ2) is 8.62. The Hall–Kier alpha value is -1.96. The van der Waals surface area contributed by atoms with Gasteiger partial charge in [-0.15, -0.1) is 0 Å². The van der Waals surface area contributed by atoms with E-state index in [1.807, 2.05) is 0 Å². The highest BCUT2D eigenvalue weighted by molar-refractivity contribution is 7.92. The van der Waals surface area contributed by atoms with Gasteiger partial charge < -0.3 is 10.1 Å². The average Bonchev–Trinajstić information content (AvgIpc) is 2.58. The third-order valence-corrected chi connectivity index (χ3v) is 5.35. The van der Waals surface area contributed by atoms with Crippen molar-refractivity contribution >= 4 is 44.8 Å². The molecular weight excluding hydrogens is 399 g/mol. The van der Waals surface area contributed by atoms with Gasteiger partial charge in [0.05, 0.1) is 11.9 Å². The van der Waals surface area contributed by atoms with Crippen molar-refractivity contribution in [3.05, 3.63) is 58.1 Å². The molecule has 2 rings (SSSR count). The van der Waals surface area contributed by atoms with Crippen LogP contribution in [0.3, 0.4) is 0 Å². The zero-order chi connectivity index (χ0) is 19.3. The van der Waals surface area contributed by atoms with Crippen molar-refractivity contribution in [3.63, 3.8) is 0 Å². The fourth-order valence-electron chi connectivity index (χ4n) is 2.00. The van der Waals surface area contributed by atoms with E-state index >= 15 is 0 Å². The third-order valence-electron chi connectivity index (χ3n) is 3.56. The zero-order valence-electron chi connectivity index (χ0n) is 14.2. The van der Waals surface area contributed by atoms with Crippen molar-refractivity contribution in [1.29, 1.82) is 0 Å². The minimum absolute atomic E-state index is 0.174. The molecule has 0 unspecified atom stereocenters. The van der Waals surface area contributed by atoms with Crippen molar-refractivity contribution in [2.24, 2.45) is 0 Å². The number of nitrogens with zero attached hydrogens (tertiary/aromatic N) is 1. The molecule has 0 saturated heterocycles. The second-order valence-electron chi connectivity index (χ2n) is 5.53. The van der Waals surface area contributed by atoms with Crippen molar-refractivity contribution in [1.82, 2.24) is 5.32 Å². The molecule has 0 spiro atoms. The Balaban J connectivity index is 1.85. The summed E-state index contributed by atoms with van der Waals surface area (Å²) < 4.78 is 29.5. The van der Waals surface area contributed by atoms with Crippen molar-refractivity contribution < 1.29 is 17.9 Å². The highest BCUT2D eigenvalue weighted by Crippen LogP contribution is 2.21. The average molecular weight is 417 g/mol. The van der Waals surface area contributed by atoms with Gasteiger partial charge >= 0.3 is 0 Å². The molecule has 1 N–H and O–H groups in total. The van der Waals surface area contributed by atoms with E-state index in [2.05, 4.69) is 5.32 Å². The molecule has 0 bridgehead atoms. The summed E-state index contributed by atoms with van der Waals surface area (Å²) in [6.45, 7) is 0.0861. The summed E-state index contributed by atoms with van der Waals surface area (Å²) in [5, 5.41) is 3.70. The number of ether oxygens (including phenoxy) is 1. The van der Waals surface area contributed by atoms with Crippen molar-refractivity contribution in [3.8, 4) is 5.75 Å². The van der Waals surface area contributed by atoms with Crippen LogP contribution in [0.5, 0.6) is 5.75 Å². The normalized spacial score (nSPS) is 11.1. The van der Waals surface area contributed by atoms with Gasteiger partial charge in [0.25, 0.3) is 5.91 Å².